The normalized spacial score (nSPS) is 15.3. The predicted octanol–water partition coefficient (Wildman–Crippen LogP) is 2.27. The second-order valence-corrected chi connectivity index (χ2v) is 16.8. The van der Waals surface area contributed by atoms with E-state index in [1.807, 2.05) is 0 Å². The standard InChI is InChI=1S/C8H22NSi2/c1-8(9,10(2,3)4)11(5,6)7/h1,9H2,2-7H3. The molecular formula is C8H22NSi2. The molecule has 11 heavy (non-hydrogen) atoms. The van der Waals surface area contributed by atoms with Gasteiger partial charge in [-0.3, -0.25) is 0 Å². The van der Waals surface area contributed by atoms with Gasteiger partial charge >= 0.3 is 0 Å². The SMILES string of the molecule is [CH2]C(N)([Si](C)(C)C)[Si](C)(C)C. The molecule has 0 saturated carbocycles. The van der Waals surface area contributed by atoms with E-state index in [1.54, 1.807) is 0 Å². The first-order chi connectivity index (χ1) is 4.50. The van der Waals surface area contributed by atoms with Gasteiger partial charge in [-0.2, -0.15) is 0 Å². The van der Waals surface area contributed by atoms with Gasteiger partial charge in [-0.25, -0.2) is 0 Å². The molecule has 67 valence electrons. The maximum atomic E-state index is 6.28. The molecule has 0 amide bonds. The molecule has 0 saturated heterocycles. The van der Waals surface area contributed by atoms with Crippen LogP contribution in [0.1, 0.15) is 0 Å². The van der Waals surface area contributed by atoms with Crippen LogP contribution in [0.4, 0.5) is 0 Å². The summed E-state index contributed by atoms with van der Waals surface area (Å²) in [5.74, 6) is 0. The molecule has 0 aliphatic carbocycles. The van der Waals surface area contributed by atoms with Gasteiger partial charge < -0.3 is 5.73 Å². The van der Waals surface area contributed by atoms with E-state index in [0.29, 0.717) is 0 Å². The summed E-state index contributed by atoms with van der Waals surface area (Å²) in [6.45, 7) is 18.0. The largest absolute Gasteiger partial charge is 0.330 e. The van der Waals surface area contributed by atoms with Crippen molar-refractivity contribution >= 4 is 16.1 Å². The Kier molecular flexibility index (Phi) is 2.81. The van der Waals surface area contributed by atoms with Crippen LogP contribution in [0.15, 0.2) is 0 Å². The maximum absolute atomic E-state index is 6.28. The lowest BCUT2D eigenvalue weighted by molar-refractivity contribution is 0.920. The van der Waals surface area contributed by atoms with Crippen LogP contribution in [0.25, 0.3) is 0 Å². The Hall–Kier alpha value is 0.394. The Morgan fingerprint density at radius 2 is 1.09 bits per heavy atom. The highest BCUT2D eigenvalue weighted by Gasteiger charge is 2.45. The highest BCUT2D eigenvalue weighted by atomic mass is 28.4. The predicted molar refractivity (Wildman–Crippen MR) is 59.0 cm³/mol. The molecule has 2 N–H and O–H groups in total. The summed E-state index contributed by atoms with van der Waals surface area (Å²) in [6, 6.07) is 0. The second kappa shape index (κ2) is 2.71. The van der Waals surface area contributed by atoms with Gasteiger partial charge in [0.25, 0.3) is 0 Å². The highest BCUT2D eigenvalue weighted by Crippen LogP contribution is 2.27. The topological polar surface area (TPSA) is 26.0 Å². The molecule has 1 nitrogen and oxygen atoms in total. The van der Waals surface area contributed by atoms with Gasteiger partial charge in [0.15, 0.2) is 0 Å². The van der Waals surface area contributed by atoms with Crippen molar-refractivity contribution in [3.8, 4) is 0 Å². The zero-order valence-corrected chi connectivity index (χ0v) is 10.8. The third-order valence-electron chi connectivity index (χ3n) is 2.68. The Morgan fingerprint density at radius 3 is 1.09 bits per heavy atom. The van der Waals surface area contributed by atoms with E-state index in [1.165, 1.54) is 0 Å². The minimum absolute atomic E-state index is 0.0972. The summed E-state index contributed by atoms with van der Waals surface area (Å²) >= 11 is 0. The second-order valence-electron chi connectivity index (χ2n) is 5.47. The van der Waals surface area contributed by atoms with Gasteiger partial charge in [0.05, 0.1) is 16.1 Å². The van der Waals surface area contributed by atoms with E-state index in [2.05, 4.69) is 46.2 Å². The van der Waals surface area contributed by atoms with Crippen molar-refractivity contribution in [1.29, 1.82) is 0 Å². The fourth-order valence-electron chi connectivity index (χ4n) is 1.12. The third kappa shape index (κ3) is 2.16. The molecule has 0 rings (SSSR count). The average molecular weight is 188 g/mol. The van der Waals surface area contributed by atoms with E-state index >= 15 is 0 Å². The van der Waals surface area contributed by atoms with Crippen molar-refractivity contribution in [3.05, 3.63) is 6.92 Å². The van der Waals surface area contributed by atoms with Crippen LogP contribution in [-0.4, -0.2) is 20.9 Å². The fourth-order valence-corrected chi connectivity index (χ4v) is 10.1. The zero-order valence-electron chi connectivity index (χ0n) is 8.78. The van der Waals surface area contributed by atoms with Gasteiger partial charge in [0.2, 0.25) is 0 Å². The van der Waals surface area contributed by atoms with Crippen molar-refractivity contribution in [2.45, 2.75) is 44.1 Å². The van der Waals surface area contributed by atoms with Crippen LogP contribution >= 0.6 is 0 Å². The fraction of sp³-hybridized carbons (Fsp3) is 0.875. The molecule has 0 bridgehead atoms. The van der Waals surface area contributed by atoms with Gasteiger partial charge in [0, 0.05) is 4.79 Å². The molecule has 0 aliphatic heterocycles. The molecular weight excluding hydrogens is 166 g/mol. The molecule has 3 heteroatoms. The van der Waals surface area contributed by atoms with E-state index in [-0.39, 0.29) is 4.79 Å². The van der Waals surface area contributed by atoms with E-state index in [9.17, 15) is 0 Å². The summed E-state index contributed by atoms with van der Waals surface area (Å²) in [5, 5.41) is 0. The molecule has 0 aliphatic rings. The minimum atomic E-state index is -1.29. The van der Waals surface area contributed by atoms with E-state index in [0.717, 1.165) is 0 Å². The molecule has 0 fully saturated rings. The number of nitrogens with two attached hydrogens (primary N) is 1. The quantitative estimate of drug-likeness (QED) is 0.661. The van der Waals surface area contributed by atoms with Crippen LogP contribution < -0.4 is 5.73 Å². The molecule has 1 radical (unpaired) electrons. The first-order valence-corrected chi connectivity index (χ1v) is 11.1. The van der Waals surface area contributed by atoms with Crippen molar-refractivity contribution in [1.82, 2.24) is 0 Å². The summed E-state index contributed by atoms with van der Waals surface area (Å²) in [5.41, 5.74) is 6.28. The Bertz CT molecular complexity index is 123. The van der Waals surface area contributed by atoms with Crippen molar-refractivity contribution < 1.29 is 0 Å². The minimum Gasteiger partial charge on any atom is -0.330 e. The third-order valence-corrected chi connectivity index (χ3v) is 12.5. The Labute approximate surface area is 73.4 Å². The van der Waals surface area contributed by atoms with Gasteiger partial charge in [-0.1, -0.05) is 39.3 Å². The van der Waals surface area contributed by atoms with Gasteiger partial charge in [-0.15, -0.1) is 0 Å². The molecule has 0 heterocycles. The van der Waals surface area contributed by atoms with Crippen molar-refractivity contribution in [3.63, 3.8) is 0 Å². The lowest BCUT2D eigenvalue weighted by Gasteiger charge is -2.46. The Morgan fingerprint density at radius 1 is 0.909 bits per heavy atom. The van der Waals surface area contributed by atoms with Crippen LogP contribution in [0.5, 0.6) is 0 Å². The van der Waals surface area contributed by atoms with E-state index in [4.69, 9.17) is 5.73 Å². The van der Waals surface area contributed by atoms with Gasteiger partial charge in [0.1, 0.15) is 0 Å². The molecule has 0 unspecified atom stereocenters. The summed E-state index contributed by atoms with van der Waals surface area (Å²) in [7, 11) is -2.58. The van der Waals surface area contributed by atoms with Crippen LogP contribution in [0.2, 0.25) is 39.3 Å². The first-order valence-electron chi connectivity index (χ1n) is 4.14. The van der Waals surface area contributed by atoms with Crippen molar-refractivity contribution in [2.75, 3.05) is 0 Å². The summed E-state index contributed by atoms with van der Waals surface area (Å²) in [4.78, 5) is -0.0972. The van der Waals surface area contributed by atoms with E-state index < -0.39 is 16.1 Å². The van der Waals surface area contributed by atoms with Crippen LogP contribution in [0.3, 0.4) is 0 Å². The molecule has 0 aromatic rings. The average Bonchev–Trinajstić information content (AvgIpc) is 1.58. The number of rotatable bonds is 2. The van der Waals surface area contributed by atoms with Crippen LogP contribution in [0, 0.1) is 6.92 Å². The highest BCUT2D eigenvalue weighted by molar-refractivity contribution is 6.99. The number of hydrogen-bond acceptors (Lipinski definition) is 1. The molecule has 0 spiro atoms. The maximum Gasteiger partial charge on any atom is 0.0634 e. The molecule has 0 aromatic carbocycles. The lowest BCUT2D eigenvalue weighted by Crippen LogP contribution is -2.70. The van der Waals surface area contributed by atoms with Crippen molar-refractivity contribution in [2.24, 2.45) is 5.73 Å². The summed E-state index contributed by atoms with van der Waals surface area (Å²) in [6.07, 6.45) is 0. The smallest absolute Gasteiger partial charge is 0.0634 e. The lowest BCUT2D eigenvalue weighted by atomic mass is 10.8. The molecule has 0 aromatic heterocycles. The van der Waals surface area contributed by atoms with Gasteiger partial charge in [-0.05, 0) is 6.92 Å². The summed E-state index contributed by atoms with van der Waals surface area (Å²) < 4.78 is 0. The zero-order chi connectivity index (χ0) is 9.50. The first kappa shape index (κ1) is 11.4. The van der Waals surface area contributed by atoms with Crippen LogP contribution in [-0.2, 0) is 0 Å². The molecule has 0 atom stereocenters. The monoisotopic (exact) mass is 188 g/mol. The number of hydrogen-bond donors (Lipinski definition) is 1. The Balaban J connectivity index is 4.75.